The molecule has 0 aromatic carbocycles. The Morgan fingerprint density at radius 3 is 2.81 bits per heavy atom. The van der Waals surface area contributed by atoms with Gasteiger partial charge in [0.05, 0.1) is 25.0 Å². The summed E-state index contributed by atoms with van der Waals surface area (Å²) in [5, 5.41) is 0. The quantitative estimate of drug-likeness (QED) is 0.853. The summed E-state index contributed by atoms with van der Waals surface area (Å²) in [4.78, 5) is 5.49. The van der Waals surface area contributed by atoms with Gasteiger partial charge in [-0.05, 0) is 24.3 Å². The molecule has 0 spiro atoms. The molecule has 2 aromatic heterocycles. The largest absolute Gasteiger partial charge is 0.467 e. The van der Waals surface area contributed by atoms with Crippen LogP contribution in [0.1, 0.15) is 17.4 Å². The summed E-state index contributed by atoms with van der Waals surface area (Å²) >= 11 is 0. The molecule has 0 N–H and O–H groups in total. The molecular weight excluding hydrogens is 285 g/mol. The highest BCUT2D eigenvalue weighted by molar-refractivity contribution is 5.49. The maximum absolute atomic E-state index is 13.1. The lowest BCUT2D eigenvalue weighted by molar-refractivity contribution is -0.137. The molecule has 0 bridgehead atoms. The summed E-state index contributed by atoms with van der Waals surface area (Å²) < 4.78 is 50.0. The number of rotatable bonds is 2. The van der Waals surface area contributed by atoms with E-state index in [0.29, 0.717) is 18.9 Å². The minimum Gasteiger partial charge on any atom is -0.467 e. The van der Waals surface area contributed by atoms with Gasteiger partial charge in [-0.3, -0.25) is 0 Å². The number of hydrogen-bond donors (Lipinski definition) is 0. The fourth-order valence-corrected chi connectivity index (χ4v) is 2.36. The first kappa shape index (κ1) is 13.9. The normalized spacial score (nSPS) is 19.8. The second-order valence-electron chi connectivity index (χ2n) is 4.69. The zero-order valence-electron chi connectivity index (χ0n) is 11.0. The number of halogens is 3. The smallest absolute Gasteiger partial charge is 0.419 e. The van der Waals surface area contributed by atoms with E-state index in [4.69, 9.17) is 9.15 Å². The Bertz CT molecular complexity index is 599. The standard InChI is InChI=1S/C14H13F3N2O2/c15-14(16,17)10-3-1-5-18-13(10)19-6-8-21-12(9-19)11-4-2-7-20-11/h1-5,7,12H,6,8-9H2. The van der Waals surface area contributed by atoms with Crippen LogP contribution in [0, 0.1) is 0 Å². The third-order valence-electron chi connectivity index (χ3n) is 3.32. The van der Waals surface area contributed by atoms with E-state index >= 15 is 0 Å². The van der Waals surface area contributed by atoms with E-state index in [1.54, 1.807) is 17.0 Å². The molecule has 1 atom stereocenters. The van der Waals surface area contributed by atoms with Crippen LogP contribution in [0.4, 0.5) is 19.0 Å². The highest BCUT2D eigenvalue weighted by atomic mass is 19.4. The maximum Gasteiger partial charge on any atom is 0.419 e. The summed E-state index contributed by atoms with van der Waals surface area (Å²) in [6, 6.07) is 5.80. The fraction of sp³-hybridized carbons (Fsp3) is 0.357. The van der Waals surface area contributed by atoms with Crippen LogP contribution < -0.4 is 4.90 Å². The third-order valence-corrected chi connectivity index (χ3v) is 3.32. The molecule has 3 rings (SSSR count). The number of ether oxygens (including phenoxy) is 1. The van der Waals surface area contributed by atoms with E-state index in [0.717, 1.165) is 6.07 Å². The van der Waals surface area contributed by atoms with Gasteiger partial charge in [0.25, 0.3) is 0 Å². The van der Waals surface area contributed by atoms with Gasteiger partial charge in [0.2, 0.25) is 0 Å². The van der Waals surface area contributed by atoms with Gasteiger partial charge in [0.1, 0.15) is 17.7 Å². The topological polar surface area (TPSA) is 38.5 Å². The molecule has 1 aliphatic rings. The summed E-state index contributed by atoms with van der Waals surface area (Å²) in [7, 11) is 0. The minimum absolute atomic E-state index is 0.0649. The molecule has 0 radical (unpaired) electrons. The zero-order valence-corrected chi connectivity index (χ0v) is 11.0. The Balaban J connectivity index is 1.87. The Kier molecular flexibility index (Phi) is 3.59. The molecular formula is C14H13F3N2O2. The second-order valence-corrected chi connectivity index (χ2v) is 4.69. The fourth-order valence-electron chi connectivity index (χ4n) is 2.36. The predicted molar refractivity (Wildman–Crippen MR) is 68.9 cm³/mol. The molecule has 7 heteroatoms. The Labute approximate surface area is 119 Å². The van der Waals surface area contributed by atoms with Crippen molar-refractivity contribution >= 4 is 5.82 Å². The Hall–Kier alpha value is -2.02. The summed E-state index contributed by atoms with van der Waals surface area (Å²) in [5.41, 5.74) is -0.731. The molecule has 0 saturated carbocycles. The van der Waals surface area contributed by atoms with Gasteiger partial charge in [-0.15, -0.1) is 0 Å². The molecule has 1 saturated heterocycles. The first-order valence-electron chi connectivity index (χ1n) is 6.48. The van der Waals surface area contributed by atoms with Crippen LogP contribution in [-0.2, 0) is 10.9 Å². The average Bonchev–Trinajstić information content (AvgIpc) is 3.01. The van der Waals surface area contributed by atoms with Gasteiger partial charge >= 0.3 is 6.18 Å². The Morgan fingerprint density at radius 1 is 1.24 bits per heavy atom. The van der Waals surface area contributed by atoms with Crippen LogP contribution in [0.2, 0.25) is 0 Å². The van der Waals surface area contributed by atoms with Crippen LogP contribution in [0.3, 0.4) is 0 Å². The lowest BCUT2D eigenvalue weighted by Crippen LogP contribution is -2.39. The van der Waals surface area contributed by atoms with E-state index in [2.05, 4.69) is 4.98 Å². The average molecular weight is 298 g/mol. The van der Waals surface area contributed by atoms with E-state index in [1.807, 2.05) is 0 Å². The van der Waals surface area contributed by atoms with E-state index < -0.39 is 17.8 Å². The molecule has 1 unspecified atom stereocenters. The van der Waals surface area contributed by atoms with Crippen molar-refractivity contribution in [1.29, 1.82) is 0 Å². The highest BCUT2D eigenvalue weighted by Gasteiger charge is 2.37. The number of alkyl halides is 3. The number of pyridine rings is 1. The van der Waals surface area contributed by atoms with Crippen LogP contribution in [0.5, 0.6) is 0 Å². The molecule has 1 fully saturated rings. The lowest BCUT2D eigenvalue weighted by Gasteiger charge is -2.34. The van der Waals surface area contributed by atoms with Gasteiger partial charge in [0.15, 0.2) is 0 Å². The number of nitrogens with zero attached hydrogens (tertiary/aromatic N) is 2. The second kappa shape index (κ2) is 5.40. The van der Waals surface area contributed by atoms with Crippen LogP contribution >= 0.6 is 0 Å². The van der Waals surface area contributed by atoms with E-state index in [-0.39, 0.29) is 12.4 Å². The number of furan rings is 1. The van der Waals surface area contributed by atoms with Gasteiger partial charge in [-0.25, -0.2) is 4.98 Å². The van der Waals surface area contributed by atoms with E-state index in [1.165, 1.54) is 18.5 Å². The monoisotopic (exact) mass is 298 g/mol. The van der Waals surface area contributed by atoms with Gasteiger partial charge in [-0.1, -0.05) is 0 Å². The molecule has 0 amide bonds. The van der Waals surface area contributed by atoms with Crippen molar-refractivity contribution in [2.45, 2.75) is 12.3 Å². The molecule has 112 valence electrons. The first-order chi connectivity index (χ1) is 10.1. The third kappa shape index (κ3) is 2.87. The van der Waals surface area contributed by atoms with Gasteiger partial charge in [0, 0.05) is 12.7 Å². The van der Waals surface area contributed by atoms with Crippen molar-refractivity contribution in [3.63, 3.8) is 0 Å². The summed E-state index contributed by atoms with van der Waals surface area (Å²) in [6.07, 6.45) is -1.94. The molecule has 21 heavy (non-hydrogen) atoms. The Morgan fingerprint density at radius 2 is 2.10 bits per heavy atom. The SMILES string of the molecule is FC(F)(F)c1cccnc1N1CCOC(c2ccco2)C1. The van der Waals surface area contributed by atoms with Crippen LogP contribution in [-0.4, -0.2) is 24.7 Å². The molecule has 4 nitrogen and oxygen atoms in total. The van der Waals surface area contributed by atoms with Crippen LogP contribution in [0.15, 0.2) is 41.1 Å². The molecule has 3 heterocycles. The van der Waals surface area contributed by atoms with Crippen molar-refractivity contribution < 1.29 is 22.3 Å². The van der Waals surface area contributed by atoms with Gasteiger partial charge < -0.3 is 14.1 Å². The molecule has 1 aliphatic heterocycles. The highest BCUT2D eigenvalue weighted by Crippen LogP contribution is 2.36. The molecule has 2 aromatic rings. The number of aromatic nitrogens is 1. The minimum atomic E-state index is -4.43. The predicted octanol–water partition coefficient (Wildman–Crippen LogP) is 3.27. The molecule has 0 aliphatic carbocycles. The van der Waals surface area contributed by atoms with Crippen molar-refractivity contribution in [1.82, 2.24) is 4.98 Å². The van der Waals surface area contributed by atoms with E-state index in [9.17, 15) is 13.2 Å². The summed E-state index contributed by atoms with van der Waals surface area (Å²) in [6.45, 7) is 0.949. The van der Waals surface area contributed by atoms with Crippen LogP contribution in [0.25, 0.3) is 0 Å². The van der Waals surface area contributed by atoms with Crippen molar-refractivity contribution in [2.75, 3.05) is 24.6 Å². The summed E-state index contributed by atoms with van der Waals surface area (Å²) in [5.74, 6) is 0.536. The zero-order chi connectivity index (χ0) is 14.9. The van der Waals surface area contributed by atoms with Crippen molar-refractivity contribution in [3.8, 4) is 0 Å². The lowest BCUT2D eigenvalue weighted by atomic mass is 10.2. The number of hydrogen-bond acceptors (Lipinski definition) is 4. The number of morpholine rings is 1. The van der Waals surface area contributed by atoms with Gasteiger partial charge in [-0.2, -0.15) is 13.2 Å². The number of anilines is 1. The van der Waals surface area contributed by atoms with Crippen molar-refractivity contribution in [2.24, 2.45) is 0 Å². The van der Waals surface area contributed by atoms with Crippen molar-refractivity contribution in [3.05, 3.63) is 48.0 Å². The maximum atomic E-state index is 13.1. The first-order valence-corrected chi connectivity index (χ1v) is 6.48.